The van der Waals surface area contributed by atoms with Crippen LogP contribution >= 0.6 is 11.6 Å². The van der Waals surface area contributed by atoms with Gasteiger partial charge in [-0.1, -0.05) is 16.8 Å². The Balaban J connectivity index is 1.08. The number of halogens is 2. The number of nitriles is 1. The van der Waals surface area contributed by atoms with E-state index in [-0.39, 0.29) is 41.1 Å². The summed E-state index contributed by atoms with van der Waals surface area (Å²) < 4.78 is 16.3. The second kappa shape index (κ2) is 8.92. The first-order chi connectivity index (χ1) is 17.8. The molecule has 6 rings (SSSR count). The van der Waals surface area contributed by atoms with Gasteiger partial charge in [-0.15, -0.1) is 5.10 Å². The van der Waals surface area contributed by atoms with E-state index in [1.165, 1.54) is 23.1 Å². The number of nitrogens with one attached hydrogen (secondary N) is 1. The largest absolute Gasteiger partial charge is 0.348 e. The van der Waals surface area contributed by atoms with E-state index in [0.717, 1.165) is 12.0 Å². The Morgan fingerprint density at radius 1 is 1.30 bits per heavy atom. The van der Waals surface area contributed by atoms with Gasteiger partial charge in [-0.3, -0.25) is 14.6 Å². The molecule has 2 aliphatic carbocycles. The fourth-order valence-electron chi connectivity index (χ4n) is 5.32. The van der Waals surface area contributed by atoms with Gasteiger partial charge < -0.3 is 10.2 Å². The fourth-order valence-corrected chi connectivity index (χ4v) is 5.50. The fraction of sp³-hybridized carbons (Fsp3) is 0.385. The molecule has 37 heavy (non-hydrogen) atoms. The molecule has 3 aliphatic rings. The summed E-state index contributed by atoms with van der Waals surface area (Å²) in [6, 6.07) is 8.07. The lowest BCUT2D eigenvalue weighted by molar-refractivity contribution is -0.118. The summed E-state index contributed by atoms with van der Waals surface area (Å²) in [6.07, 6.45) is 5.27. The van der Waals surface area contributed by atoms with Crippen LogP contribution in [0.1, 0.15) is 65.5 Å². The molecular weight excluding hydrogens is 497 g/mol. The summed E-state index contributed by atoms with van der Waals surface area (Å²) in [5.41, 5.74) is 2.21. The molecule has 3 atom stereocenters. The van der Waals surface area contributed by atoms with Gasteiger partial charge in [0.05, 0.1) is 35.8 Å². The van der Waals surface area contributed by atoms with Crippen LogP contribution in [0.3, 0.4) is 0 Å². The van der Waals surface area contributed by atoms with Crippen LogP contribution in [-0.4, -0.2) is 44.4 Å². The van der Waals surface area contributed by atoms with Gasteiger partial charge in [0.2, 0.25) is 5.91 Å². The van der Waals surface area contributed by atoms with Gasteiger partial charge in [-0.2, -0.15) is 5.26 Å². The minimum absolute atomic E-state index is 0.0368. The Morgan fingerprint density at radius 3 is 2.81 bits per heavy atom. The van der Waals surface area contributed by atoms with Crippen molar-refractivity contribution in [3.63, 3.8) is 0 Å². The Bertz CT molecular complexity index is 1460. The predicted octanol–water partition coefficient (Wildman–Crippen LogP) is 3.61. The molecule has 2 aromatic heterocycles. The molecule has 1 unspecified atom stereocenters. The number of carbonyl (C=O) groups is 2. The van der Waals surface area contributed by atoms with Gasteiger partial charge >= 0.3 is 0 Å². The Hall–Kier alpha value is -3.84. The molecule has 1 aromatic carbocycles. The monoisotopic (exact) mass is 519 g/mol. The lowest BCUT2D eigenvalue weighted by Gasteiger charge is -2.36. The predicted molar refractivity (Wildman–Crippen MR) is 131 cm³/mol. The van der Waals surface area contributed by atoms with Crippen LogP contribution < -0.4 is 10.2 Å². The maximum Gasteiger partial charge on any atom is 0.273 e. The van der Waals surface area contributed by atoms with Crippen molar-refractivity contribution in [3.8, 4) is 6.07 Å². The lowest BCUT2D eigenvalue weighted by Crippen LogP contribution is -2.43. The normalized spacial score (nSPS) is 24.7. The Labute approximate surface area is 217 Å². The highest BCUT2D eigenvalue weighted by Crippen LogP contribution is 2.47. The molecule has 1 N–H and O–H groups in total. The molecule has 2 amide bonds. The maximum atomic E-state index is 15.0. The standard InChI is InChI=1S/C26H23ClFN7O2/c1-13(24-22(28)8-19(10-30-24)34-11-16-6-21(16)26(34)37)35-12-23(32-33-35)25(36)31-18-4-15(5-18)20-7-17(27)3-2-14(20)9-29/h2-3,7-8,10,12-13,15-16,18,21H,4-6,11H2,1H3,(H,31,36)/t13?,15-,16-,18+,21-/m1/s1. The zero-order valence-corrected chi connectivity index (χ0v) is 20.7. The van der Waals surface area contributed by atoms with Gasteiger partial charge in [0.1, 0.15) is 11.5 Å². The number of rotatable bonds is 6. The summed E-state index contributed by atoms with van der Waals surface area (Å²) in [6.45, 7) is 2.33. The highest BCUT2D eigenvalue weighted by atomic mass is 35.5. The average Bonchev–Trinajstić information content (AvgIpc) is 3.31. The van der Waals surface area contributed by atoms with Gasteiger partial charge in [-0.25, -0.2) is 9.07 Å². The molecule has 0 spiro atoms. The smallest absolute Gasteiger partial charge is 0.273 e. The summed E-state index contributed by atoms with van der Waals surface area (Å²) in [4.78, 5) is 30.9. The van der Waals surface area contributed by atoms with Crippen molar-refractivity contribution >= 4 is 29.1 Å². The van der Waals surface area contributed by atoms with Crippen molar-refractivity contribution in [2.75, 3.05) is 11.4 Å². The van der Waals surface area contributed by atoms with Crippen LogP contribution in [0.2, 0.25) is 5.02 Å². The van der Waals surface area contributed by atoms with Crippen LogP contribution in [0.4, 0.5) is 10.1 Å². The van der Waals surface area contributed by atoms with E-state index < -0.39 is 11.9 Å². The quantitative estimate of drug-likeness (QED) is 0.532. The highest BCUT2D eigenvalue weighted by Gasteiger charge is 2.52. The van der Waals surface area contributed by atoms with E-state index in [2.05, 4.69) is 26.7 Å². The van der Waals surface area contributed by atoms with Crippen molar-refractivity contribution in [2.45, 2.75) is 44.2 Å². The van der Waals surface area contributed by atoms with Gasteiger partial charge in [0.15, 0.2) is 5.69 Å². The van der Waals surface area contributed by atoms with E-state index in [9.17, 15) is 19.2 Å². The van der Waals surface area contributed by atoms with Crippen molar-refractivity contribution < 1.29 is 14.0 Å². The number of nitrogens with zero attached hydrogens (tertiary/aromatic N) is 6. The summed E-state index contributed by atoms with van der Waals surface area (Å²) >= 11 is 6.09. The van der Waals surface area contributed by atoms with Crippen LogP contribution in [0, 0.1) is 29.0 Å². The van der Waals surface area contributed by atoms with Crippen molar-refractivity contribution in [3.05, 3.63) is 70.0 Å². The summed E-state index contributed by atoms with van der Waals surface area (Å²) in [5, 5.41) is 20.8. The molecule has 11 heteroatoms. The van der Waals surface area contributed by atoms with Gasteiger partial charge in [0.25, 0.3) is 5.91 Å². The molecule has 0 radical (unpaired) electrons. The molecule has 1 saturated heterocycles. The topological polar surface area (TPSA) is 117 Å². The van der Waals surface area contributed by atoms with E-state index in [1.807, 2.05) is 0 Å². The highest BCUT2D eigenvalue weighted by molar-refractivity contribution is 6.30. The van der Waals surface area contributed by atoms with Crippen LogP contribution in [0.15, 0.2) is 36.7 Å². The van der Waals surface area contributed by atoms with Crippen LogP contribution in [-0.2, 0) is 4.79 Å². The maximum absolute atomic E-state index is 15.0. The molecule has 3 aromatic rings. The van der Waals surface area contributed by atoms with E-state index >= 15 is 0 Å². The van der Waals surface area contributed by atoms with Gasteiger partial charge in [0, 0.05) is 29.6 Å². The molecule has 188 valence electrons. The van der Waals surface area contributed by atoms with E-state index in [1.54, 1.807) is 30.0 Å². The molecule has 9 nitrogen and oxygen atoms in total. The Morgan fingerprint density at radius 2 is 2.11 bits per heavy atom. The third kappa shape index (κ3) is 4.23. The zero-order chi connectivity index (χ0) is 25.8. The first kappa shape index (κ1) is 23.6. The average molecular weight is 520 g/mol. The summed E-state index contributed by atoms with van der Waals surface area (Å²) in [5.74, 6) is -0.269. The number of carbonyl (C=O) groups excluding carboxylic acids is 2. The molecular formula is C26H23ClFN7O2. The van der Waals surface area contributed by atoms with Crippen molar-refractivity contribution in [1.29, 1.82) is 5.26 Å². The molecule has 3 fully saturated rings. The zero-order valence-electron chi connectivity index (χ0n) is 19.9. The third-order valence-corrected chi connectivity index (χ3v) is 7.91. The van der Waals surface area contributed by atoms with E-state index in [0.29, 0.717) is 41.6 Å². The molecule has 0 bridgehead atoms. The first-order valence-electron chi connectivity index (χ1n) is 12.2. The van der Waals surface area contributed by atoms with E-state index in [4.69, 9.17) is 11.6 Å². The molecule has 2 saturated carbocycles. The van der Waals surface area contributed by atoms with Crippen molar-refractivity contribution in [1.82, 2.24) is 25.3 Å². The second-order valence-electron chi connectivity index (χ2n) is 10.1. The number of fused-ring (bicyclic) bond motifs is 1. The first-order valence-corrected chi connectivity index (χ1v) is 12.6. The third-order valence-electron chi connectivity index (χ3n) is 7.67. The minimum atomic E-state index is -0.605. The Kier molecular flexibility index (Phi) is 5.68. The number of piperidine rings is 1. The number of pyridine rings is 1. The summed E-state index contributed by atoms with van der Waals surface area (Å²) in [7, 11) is 0. The SMILES string of the molecule is CC(c1ncc(N2C[C@H]3C[C@H]3C2=O)cc1F)n1cc(C(=O)N[C@H]2C[C@@H](c3cc(Cl)ccc3C#N)C2)nn1. The van der Waals surface area contributed by atoms with Crippen molar-refractivity contribution in [2.24, 2.45) is 11.8 Å². The second-order valence-corrected chi connectivity index (χ2v) is 10.5. The lowest BCUT2D eigenvalue weighted by atomic mass is 9.74. The number of hydrogen-bond donors (Lipinski definition) is 1. The number of benzene rings is 1. The minimum Gasteiger partial charge on any atom is -0.348 e. The number of amides is 2. The van der Waals surface area contributed by atoms with Crippen LogP contribution in [0.5, 0.6) is 0 Å². The number of hydrogen-bond acceptors (Lipinski definition) is 6. The molecule has 3 heterocycles. The van der Waals surface area contributed by atoms with Gasteiger partial charge in [-0.05, 0) is 61.8 Å². The number of aromatic nitrogens is 4. The molecule has 1 aliphatic heterocycles. The van der Waals surface area contributed by atoms with Crippen LogP contribution in [0.25, 0.3) is 0 Å². The number of anilines is 1.